The lowest BCUT2D eigenvalue weighted by Crippen LogP contribution is -2.68. The summed E-state index contributed by atoms with van der Waals surface area (Å²) in [7, 11) is 9.25. The first-order valence-electron chi connectivity index (χ1n) is 36.2. The van der Waals surface area contributed by atoms with Gasteiger partial charge < -0.3 is 64.8 Å². The topological polar surface area (TPSA) is 279 Å². The Labute approximate surface area is 624 Å². The third kappa shape index (κ3) is 21.1. The fourth-order valence-corrected chi connectivity index (χ4v) is 14.8. The minimum atomic E-state index is -5.49. The Morgan fingerprint density at radius 1 is 0.661 bits per heavy atom. The van der Waals surface area contributed by atoms with Gasteiger partial charge in [0.05, 0.1) is 37.6 Å². The molecule has 0 radical (unpaired) electrons. The summed E-state index contributed by atoms with van der Waals surface area (Å²) in [5.74, 6) is -18.1. The molecule has 0 unspecified atom stereocenters. The number of ether oxygens (including phenoxy) is 1. The highest BCUT2D eigenvalue weighted by molar-refractivity contribution is 6.01. The molecule has 12 amide bonds. The summed E-state index contributed by atoms with van der Waals surface area (Å²) >= 11 is 0. The summed E-state index contributed by atoms with van der Waals surface area (Å²) < 4.78 is 164. The fraction of sp³-hybridized carbons (Fsp3) is 0.644. The van der Waals surface area contributed by atoms with E-state index in [1.807, 2.05) is 0 Å². The zero-order chi connectivity index (χ0) is 81.3. The summed E-state index contributed by atoms with van der Waals surface area (Å²) in [5.41, 5.74) is -5.50. The monoisotopic (exact) mass is 1560 g/mol. The molecule has 2 bridgehead atoms. The molecule has 2 aromatic rings. The van der Waals surface area contributed by atoms with Gasteiger partial charge in [-0.25, -0.2) is 8.78 Å². The number of aryl methyl sites for hydroxylation is 1. The normalized spacial score (nSPS) is 26.1. The zero-order valence-electron chi connectivity index (χ0n) is 62.8. The molecule has 3 heterocycles. The second-order valence-corrected chi connectivity index (χ2v) is 29.2. The Balaban J connectivity index is 1.36. The van der Waals surface area contributed by atoms with Crippen LogP contribution in [-0.2, 0) is 87.5 Å². The molecule has 2 aliphatic carbocycles. The van der Waals surface area contributed by atoms with Crippen molar-refractivity contribution in [2.24, 2.45) is 11.8 Å². The van der Waals surface area contributed by atoms with Gasteiger partial charge in [-0.05, 0) is 112 Å². The molecule has 1 spiro atoms. The smallest absolute Gasteiger partial charge is 0.377 e. The van der Waals surface area contributed by atoms with Crippen molar-refractivity contribution < 1.29 is 111 Å². The van der Waals surface area contributed by atoms with E-state index in [1.165, 1.54) is 41.2 Å². The lowest BCUT2D eigenvalue weighted by Gasteiger charge is -2.46. The second kappa shape index (κ2) is 36.2. The molecule has 3 aliphatic heterocycles. The number of hydrogen-bond donors (Lipinski definition) is 3. The number of nitrogens with one attached hydrogen (secondary N) is 3. The van der Waals surface area contributed by atoms with Crippen molar-refractivity contribution in [1.82, 2.24) is 60.0 Å². The van der Waals surface area contributed by atoms with E-state index >= 15 is 37.5 Å². The van der Waals surface area contributed by atoms with Crippen molar-refractivity contribution in [2.75, 3.05) is 89.2 Å². The highest BCUT2D eigenvalue weighted by atomic mass is 19.4. The molecule has 2 aromatic carbocycles. The number of alkyl halides is 9. The average Bonchev–Trinajstić information content (AvgIpc) is 1.69. The van der Waals surface area contributed by atoms with Crippen molar-refractivity contribution in [3.63, 3.8) is 0 Å². The van der Waals surface area contributed by atoms with Gasteiger partial charge in [0.2, 0.25) is 70.9 Å². The van der Waals surface area contributed by atoms with Crippen molar-refractivity contribution in [3.05, 3.63) is 82.4 Å². The van der Waals surface area contributed by atoms with Crippen LogP contribution in [0.4, 0.5) is 48.3 Å². The van der Waals surface area contributed by atoms with Gasteiger partial charge in [-0.15, -0.1) is 0 Å². The van der Waals surface area contributed by atoms with Crippen LogP contribution < -0.4 is 16.0 Å². The number of carbonyl (C=O) groups excluding carboxylic acids is 12. The average molecular weight is 1560 g/mol. The van der Waals surface area contributed by atoms with Gasteiger partial charge in [-0.1, -0.05) is 57.4 Å². The van der Waals surface area contributed by atoms with Crippen LogP contribution in [0.15, 0.2) is 48.6 Å². The summed E-state index contributed by atoms with van der Waals surface area (Å²) in [6.07, 6.45) is -16.5. The maximum atomic E-state index is 15.4. The maximum Gasteiger partial charge on any atom is 0.422 e. The van der Waals surface area contributed by atoms with Crippen LogP contribution >= 0.6 is 0 Å². The number of benzene rings is 2. The van der Waals surface area contributed by atoms with E-state index in [2.05, 4.69) is 16.0 Å². The number of halogens is 11. The van der Waals surface area contributed by atoms with E-state index in [0.29, 0.717) is 49.1 Å². The zero-order valence-corrected chi connectivity index (χ0v) is 62.8. The van der Waals surface area contributed by atoms with E-state index in [-0.39, 0.29) is 57.2 Å². The molecule has 109 heavy (non-hydrogen) atoms. The molecule has 3 N–H and O–H groups in total. The summed E-state index contributed by atoms with van der Waals surface area (Å²) in [6.45, 7) is 2.07. The van der Waals surface area contributed by atoms with E-state index in [4.69, 9.17) is 4.74 Å². The number of rotatable bonds is 12. The predicted molar refractivity (Wildman–Crippen MR) is 370 cm³/mol. The Morgan fingerprint density at radius 2 is 1.28 bits per heavy atom. The van der Waals surface area contributed by atoms with Crippen LogP contribution in [0.25, 0.3) is 0 Å². The standard InChI is InChI=1S/C73H97F11N12O13/c1-12-41(3)59-67(106)90(7)40-57(99)91(8)50-22-15-14-18-31-95(66(50)105)53(34-42-23-26-45(27-24-42)72(79,80)81)65(104)89(6)39-55(97)85-49(28-25-43-32-47(74)58(48(75)33-43)73(82,83)84)63(102)96-38-46(109-13-2)35-51(96)62(101)87-70(29-19-30-70)69(108)94(11)60(44-20-16-17-21-44)68(107)93(10)52(64(103)88(4)5)36-56(98)92(9)54(61(100)86-59)37-71(76,77)78/h14-15,23-24,26-27,32-33,41,44,46,49-54,59-60H,12-13,16-22,25,28-31,34-40H2,1-11H3,(H,85,97)(H,86,100)(H,87,101)/b15-14-/t41-,46+,49+,50-,51-,52-,53-,54-,59-,60-/m0/s1. The second-order valence-electron chi connectivity index (χ2n) is 29.2. The van der Waals surface area contributed by atoms with Gasteiger partial charge in [0.15, 0.2) is 0 Å². The number of amides is 12. The maximum absolute atomic E-state index is 15.4. The Morgan fingerprint density at radius 3 is 1.83 bits per heavy atom. The molecule has 4 fully saturated rings. The largest absolute Gasteiger partial charge is 0.422 e. The number of fused-ring (bicyclic) bond motifs is 3. The van der Waals surface area contributed by atoms with Crippen LogP contribution in [0, 0.1) is 23.5 Å². The van der Waals surface area contributed by atoms with Crippen LogP contribution in [0.5, 0.6) is 0 Å². The summed E-state index contributed by atoms with van der Waals surface area (Å²) in [6, 6.07) is -9.85. The third-order valence-electron chi connectivity index (χ3n) is 21.5. The van der Waals surface area contributed by atoms with Crippen molar-refractivity contribution in [2.45, 2.75) is 202 Å². The summed E-state index contributed by atoms with van der Waals surface area (Å²) in [5, 5.41) is 7.66. The van der Waals surface area contributed by atoms with Crippen LogP contribution in [0.1, 0.15) is 133 Å². The predicted octanol–water partition coefficient (Wildman–Crippen LogP) is 5.64. The first-order chi connectivity index (χ1) is 50.9. The van der Waals surface area contributed by atoms with E-state index in [0.717, 1.165) is 91.7 Å². The highest BCUT2D eigenvalue weighted by Gasteiger charge is 2.54. The molecular formula is C73H97F11N12O13. The van der Waals surface area contributed by atoms with E-state index in [1.54, 1.807) is 19.9 Å². The van der Waals surface area contributed by atoms with Crippen molar-refractivity contribution >= 4 is 70.9 Å². The summed E-state index contributed by atoms with van der Waals surface area (Å²) in [4.78, 5) is 187. The highest BCUT2D eigenvalue weighted by Crippen LogP contribution is 2.40. The number of nitrogens with zero attached hydrogens (tertiary/aromatic N) is 9. The van der Waals surface area contributed by atoms with Gasteiger partial charge in [0.25, 0.3) is 0 Å². The fourth-order valence-electron chi connectivity index (χ4n) is 14.8. The molecule has 0 aromatic heterocycles. The van der Waals surface area contributed by atoms with Gasteiger partial charge in [-0.2, -0.15) is 39.5 Å². The lowest BCUT2D eigenvalue weighted by molar-refractivity contribution is -0.163. The quantitative estimate of drug-likeness (QED) is 0.172. The number of carbonyl (C=O) groups is 12. The van der Waals surface area contributed by atoms with Crippen molar-refractivity contribution in [1.29, 1.82) is 0 Å². The first kappa shape index (κ1) is 87.2. The van der Waals surface area contributed by atoms with E-state index < -0.39 is 241 Å². The van der Waals surface area contributed by atoms with Crippen LogP contribution in [0.2, 0.25) is 0 Å². The molecule has 36 heteroatoms. The molecule has 2 saturated carbocycles. The van der Waals surface area contributed by atoms with E-state index in [9.17, 15) is 68.3 Å². The van der Waals surface area contributed by atoms with Crippen molar-refractivity contribution in [3.8, 4) is 0 Å². The Bertz CT molecular complexity index is 3700. The lowest BCUT2D eigenvalue weighted by atomic mass is 9.74. The van der Waals surface area contributed by atoms with Crippen LogP contribution in [0.3, 0.4) is 0 Å². The van der Waals surface area contributed by atoms with Gasteiger partial charge in [-0.3, -0.25) is 57.5 Å². The number of hydrogen-bond acceptors (Lipinski definition) is 13. The number of likely N-dealkylation sites (N-methyl/N-ethyl adjacent to an activating group) is 7. The molecule has 2 saturated heterocycles. The SMILES string of the molecule is CCO[C@@H]1C[C@H]2C(=O)NC3(CCC3)C(=O)N(C)[C@@H](C3CCCC3)C(=O)N(C)[C@H](C(=O)N(C)C)CC(=O)N(C)[C@@H](CC(F)(F)F)C(=O)N[C@@H]([C@@H](C)CC)C(=O)N(C)CC(=O)N(C)[C@H]3C/C=C\CCN(C3=O)[C@@H](Cc3ccc(C(F)(F)F)cc3)C(=O)N(C)CC(=O)N[C@H](CCc3cc(F)c(C(F)(F)F)c(F)c3)C(=O)N2C1. The molecular weight excluding hydrogens is 1460 g/mol. The van der Waals surface area contributed by atoms with Crippen LogP contribution in [-0.4, -0.2) is 270 Å². The molecule has 5 aliphatic rings. The minimum Gasteiger partial charge on any atom is -0.377 e. The van der Waals surface area contributed by atoms with Gasteiger partial charge >= 0.3 is 18.5 Å². The third-order valence-corrected chi connectivity index (χ3v) is 21.5. The van der Waals surface area contributed by atoms with Gasteiger partial charge in [0, 0.05) is 88.9 Å². The molecule has 10 atom stereocenters. The molecule has 25 nitrogen and oxygen atoms in total. The first-order valence-corrected chi connectivity index (χ1v) is 36.2. The molecule has 7 rings (SSSR count). The Kier molecular flexibility index (Phi) is 29.0. The molecule has 604 valence electrons. The minimum absolute atomic E-state index is 0.0141. The Hall–Kier alpha value is -8.99. The van der Waals surface area contributed by atoms with Gasteiger partial charge in [0.1, 0.15) is 71.1 Å².